The summed E-state index contributed by atoms with van der Waals surface area (Å²) >= 11 is 0. The molecule has 0 bridgehead atoms. The molecule has 0 radical (unpaired) electrons. The van der Waals surface area contributed by atoms with E-state index in [1.807, 2.05) is 0 Å². The average Bonchev–Trinajstić information content (AvgIpc) is 2.77. The lowest BCUT2D eigenvalue weighted by molar-refractivity contribution is -0.138. The van der Waals surface area contributed by atoms with Crippen molar-refractivity contribution in [3.05, 3.63) is 0 Å². The molecule has 0 saturated carbocycles. The zero-order valence-corrected chi connectivity index (χ0v) is 13.0. The topological polar surface area (TPSA) is 72.9 Å². The van der Waals surface area contributed by atoms with E-state index < -0.39 is 11.5 Å². The predicted octanol–water partition coefficient (Wildman–Crippen LogP) is 1.37. The number of carboxylic acids is 1. The number of hydrogen-bond donors (Lipinski definition) is 2. The summed E-state index contributed by atoms with van der Waals surface area (Å²) in [5.41, 5.74) is -0.726. The molecule has 1 unspecified atom stereocenters. The van der Waals surface area contributed by atoms with Crippen LogP contribution in [0.1, 0.15) is 40.5 Å². The Kier molecular flexibility index (Phi) is 5.80. The number of nitrogens with one attached hydrogen (secondary N) is 1. The van der Waals surface area contributed by atoms with Crippen LogP contribution >= 0.6 is 0 Å². The molecule has 1 atom stereocenters. The number of likely N-dealkylation sites (N-methyl/N-ethyl adjacent to an activating group) is 1. The van der Waals surface area contributed by atoms with Crippen LogP contribution in [-0.2, 0) is 4.79 Å². The van der Waals surface area contributed by atoms with E-state index in [1.54, 1.807) is 18.7 Å². The fraction of sp³-hybridized carbons (Fsp3) is 0.857. The van der Waals surface area contributed by atoms with Gasteiger partial charge in [0.2, 0.25) is 0 Å². The SMILES string of the molecule is CCN(CC)C1CCN(C(=O)NC(C)(C)CC(=O)O)C1. The molecule has 1 aliphatic heterocycles. The fourth-order valence-electron chi connectivity index (χ4n) is 2.76. The highest BCUT2D eigenvalue weighted by atomic mass is 16.4. The highest BCUT2D eigenvalue weighted by molar-refractivity contribution is 5.77. The minimum atomic E-state index is -0.905. The number of carbonyl (C=O) groups excluding carboxylic acids is 1. The van der Waals surface area contributed by atoms with Crippen molar-refractivity contribution in [2.75, 3.05) is 26.2 Å². The maximum Gasteiger partial charge on any atom is 0.317 e. The number of rotatable bonds is 6. The zero-order valence-electron chi connectivity index (χ0n) is 13.0. The maximum absolute atomic E-state index is 12.2. The first-order valence-corrected chi connectivity index (χ1v) is 7.32. The number of amides is 2. The van der Waals surface area contributed by atoms with Gasteiger partial charge in [0.1, 0.15) is 0 Å². The second-order valence-electron chi connectivity index (χ2n) is 5.99. The lowest BCUT2D eigenvalue weighted by Gasteiger charge is -2.29. The number of likely N-dealkylation sites (tertiary alicyclic amines) is 1. The molecule has 116 valence electrons. The highest BCUT2D eigenvalue weighted by Crippen LogP contribution is 2.17. The standard InChI is InChI=1S/C14H27N3O3/c1-5-16(6-2)11-7-8-17(10-11)13(20)15-14(3,4)9-12(18)19/h11H,5-10H2,1-4H3,(H,15,20)(H,18,19). The molecule has 6 nitrogen and oxygen atoms in total. The minimum absolute atomic E-state index is 0.0773. The van der Waals surface area contributed by atoms with Gasteiger partial charge >= 0.3 is 12.0 Å². The van der Waals surface area contributed by atoms with E-state index in [9.17, 15) is 9.59 Å². The van der Waals surface area contributed by atoms with Gasteiger partial charge in [0.05, 0.1) is 6.42 Å². The molecule has 1 rings (SSSR count). The van der Waals surface area contributed by atoms with Gasteiger partial charge in [-0.1, -0.05) is 13.8 Å². The van der Waals surface area contributed by atoms with Crippen molar-refractivity contribution in [1.29, 1.82) is 0 Å². The van der Waals surface area contributed by atoms with Crippen molar-refractivity contribution in [3.63, 3.8) is 0 Å². The van der Waals surface area contributed by atoms with Gasteiger partial charge < -0.3 is 15.3 Å². The molecule has 0 aromatic heterocycles. The molecule has 6 heteroatoms. The first kappa shape index (κ1) is 16.8. The number of hydrogen-bond acceptors (Lipinski definition) is 3. The number of aliphatic carboxylic acids is 1. The highest BCUT2D eigenvalue weighted by Gasteiger charge is 2.32. The monoisotopic (exact) mass is 285 g/mol. The van der Waals surface area contributed by atoms with Crippen LogP contribution in [0.25, 0.3) is 0 Å². The number of nitrogens with zero attached hydrogens (tertiary/aromatic N) is 2. The Morgan fingerprint density at radius 3 is 2.45 bits per heavy atom. The van der Waals surface area contributed by atoms with Gasteiger partial charge in [-0.05, 0) is 33.4 Å². The summed E-state index contributed by atoms with van der Waals surface area (Å²) < 4.78 is 0. The lowest BCUT2D eigenvalue weighted by atomic mass is 10.0. The van der Waals surface area contributed by atoms with Crippen molar-refractivity contribution in [2.24, 2.45) is 0 Å². The van der Waals surface area contributed by atoms with Crippen LogP contribution < -0.4 is 5.32 Å². The second kappa shape index (κ2) is 6.92. The van der Waals surface area contributed by atoms with Gasteiger partial charge in [0.25, 0.3) is 0 Å². The van der Waals surface area contributed by atoms with Crippen LogP contribution in [0.4, 0.5) is 4.79 Å². The Labute approximate surface area is 121 Å². The van der Waals surface area contributed by atoms with E-state index >= 15 is 0 Å². The molecule has 0 aliphatic carbocycles. The van der Waals surface area contributed by atoms with Crippen LogP contribution in [0, 0.1) is 0 Å². The van der Waals surface area contributed by atoms with Crippen LogP contribution in [0.15, 0.2) is 0 Å². The first-order valence-electron chi connectivity index (χ1n) is 7.32. The quantitative estimate of drug-likeness (QED) is 0.773. The largest absolute Gasteiger partial charge is 0.481 e. The smallest absolute Gasteiger partial charge is 0.317 e. The van der Waals surface area contributed by atoms with Gasteiger partial charge in [-0.15, -0.1) is 0 Å². The molecule has 0 spiro atoms. The summed E-state index contributed by atoms with van der Waals surface area (Å²) in [5, 5.41) is 11.6. The van der Waals surface area contributed by atoms with E-state index in [1.165, 1.54) is 0 Å². The van der Waals surface area contributed by atoms with Crippen molar-refractivity contribution in [1.82, 2.24) is 15.1 Å². The molecule has 0 aromatic rings. The number of carboxylic acid groups (broad SMARTS) is 1. The molecule has 2 amide bonds. The van der Waals surface area contributed by atoms with Gasteiger partial charge in [0, 0.05) is 24.7 Å². The van der Waals surface area contributed by atoms with Crippen LogP contribution in [0.3, 0.4) is 0 Å². The molecular weight excluding hydrogens is 258 g/mol. The van der Waals surface area contributed by atoms with Gasteiger partial charge in [-0.25, -0.2) is 4.79 Å². The third kappa shape index (κ3) is 4.67. The van der Waals surface area contributed by atoms with E-state index in [-0.39, 0.29) is 12.5 Å². The summed E-state index contributed by atoms with van der Waals surface area (Å²) in [5.74, 6) is -0.905. The summed E-state index contributed by atoms with van der Waals surface area (Å²) in [6, 6.07) is 0.254. The summed E-state index contributed by atoms with van der Waals surface area (Å²) in [6.45, 7) is 11.1. The average molecular weight is 285 g/mol. The van der Waals surface area contributed by atoms with Crippen LogP contribution in [0.2, 0.25) is 0 Å². The molecular formula is C14H27N3O3. The van der Waals surface area contributed by atoms with E-state index in [4.69, 9.17) is 5.11 Å². The van der Waals surface area contributed by atoms with Crippen molar-refractivity contribution in [3.8, 4) is 0 Å². The van der Waals surface area contributed by atoms with Gasteiger partial charge in [0.15, 0.2) is 0 Å². The predicted molar refractivity (Wildman–Crippen MR) is 77.8 cm³/mol. The molecule has 1 aliphatic rings. The minimum Gasteiger partial charge on any atom is -0.481 e. The molecule has 1 saturated heterocycles. The Hall–Kier alpha value is -1.30. The van der Waals surface area contributed by atoms with E-state index in [0.29, 0.717) is 6.04 Å². The van der Waals surface area contributed by atoms with Crippen molar-refractivity contribution >= 4 is 12.0 Å². The van der Waals surface area contributed by atoms with Gasteiger partial charge in [-0.3, -0.25) is 9.69 Å². The van der Waals surface area contributed by atoms with E-state index in [0.717, 1.165) is 32.6 Å². The summed E-state index contributed by atoms with van der Waals surface area (Å²) in [4.78, 5) is 27.1. The Morgan fingerprint density at radius 2 is 1.95 bits per heavy atom. The van der Waals surface area contributed by atoms with Crippen LogP contribution in [-0.4, -0.2) is 64.7 Å². The van der Waals surface area contributed by atoms with Gasteiger partial charge in [-0.2, -0.15) is 0 Å². The third-order valence-electron chi connectivity index (χ3n) is 3.82. The van der Waals surface area contributed by atoms with E-state index in [2.05, 4.69) is 24.1 Å². The normalized spacial score (nSPS) is 19.4. The van der Waals surface area contributed by atoms with Crippen molar-refractivity contribution in [2.45, 2.75) is 52.1 Å². The Balaban J connectivity index is 2.52. The molecule has 20 heavy (non-hydrogen) atoms. The fourth-order valence-corrected chi connectivity index (χ4v) is 2.76. The van der Waals surface area contributed by atoms with Crippen molar-refractivity contribution < 1.29 is 14.7 Å². The molecule has 2 N–H and O–H groups in total. The Bertz CT molecular complexity index is 354. The zero-order chi connectivity index (χ0) is 15.3. The number of carbonyl (C=O) groups is 2. The first-order chi connectivity index (χ1) is 9.29. The third-order valence-corrected chi connectivity index (χ3v) is 3.82. The maximum atomic E-state index is 12.2. The summed E-state index contributed by atoms with van der Waals surface area (Å²) in [6.07, 6.45) is 0.903. The van der Waals surface area contributed by atoms with Crippen LogP contribution in [0.5, 0.6) is 0 Å². The number of urea groups is 1. The second-order valence-corrected chi connectivity index (χ2v) is 5.99. The summed E-state index contributed by atoms with van der Waals surface area (Å²) in [7, 11) is 0. The molecule has 1 heterocycles. The molecule has 1 fully saturated rings. The molecule has 0 aromatic carbocycles. The lowest BCUT2D eigenvalue weighted by Crippen LogP contribution is -2.51. The Morgan fingerprint density at radius 1 is 1.35 bits per heavy atom.